The molecule has 3 aromatic heterocycles. The molecule has 2 aliphatic rings. The molecule has 2 fully saturated rings. The van der Waals surface area contributed by atoms with Gasteiger partial charge < -0.3 is 24.6 Å². The van der Waals surface area contributed by atoms with Crippen molar-refractivity contribution < 1.29 is 9.59 Å². The Morgan fingerprint density at radius 2 is 2.00 bits per heavy atom. The molecule has 200 valence electrons. The molecule has 1 saturated heterocycles. The fraction of sp³-hybridized carbons (Fsp3) is 0.464. The molecule has 10 heteroatoms. The lowest BCUT2D eigenvalue weighted by Gasteiger charge is -2.28. The second kappa shape index (κ2) is 10.9. The number of likely N-dealkylation sites (N-methyl/N-ethyl adjacent to an activating group) is 1. The van der Waals surface area contributed by atoms with Crippen molar-refractivity contribution in [2.45, 2.75) is 50.6 Å². The van der Waals surface area contributed by atoms with Gasteiger partial charge in [-0.25, -0.2) is 9.97 Å². The number of rotatable bonds is 7. The minimum absolute atomic E-state index is 0.0359. The molecule has 2 amide bonds. The van der Waals surface area contributed by atoms with Crippen LogP contribution < -0.4 is 10.2 Å². The molecule has 1 aliphatic carbocycles. The fourth-order valence-electron chi connectivity index (χ4n) is 5.47. The third kappa shape index (κ3) is 5.13. The fourth-order valence-corrected chi connectivity index (χ4v) is 5.47. The van der Waals surface area contributed by atoms with Gasteiger partial charge in [-0.2, -0.15) is 4.98 Å². The van der Waals surface area contributed by atoms with Gasteiger partial charge in [-0.1, -0.05) is 18.9 Å². The summed E-state index contributed by atoms with van der Waals surface area (Å²) in [5.74, 6) is 1.05. The summed E-state index contributed by atoms with van der Waals surface area (Å²) in [6.45, 7) is 5.20. The first kappa shape index (κ1) is 25.8. The van der Waals surface area contributed by atoms with E-state index in [4.69, 9.17) is 4.98 Å². The first-order valence-corrected chi connectivity index (χ1v) is 13.3. The monoisotopic (exact) mass is 516 g/mol. The van der Waals surface area contributed by atoms with Gasteiger partial charge in [0.25, 0.3) is 5.91 Å². The van der Waals surface area contributed by atoms with Gasteiger partial charge >= 0.3 is 0 Å². The molecule has 38 heavy (non-hydrogen) atoms. The van der Waals surface area contributed by atoms with Gasteiger partial charge in [0.2, 0.25) is 11.9 Å². The first-order chi connectivity index (χ1) is 18.4. The highest BCUT2D eigenvalue weighted by atomic mass is 16.2. The molecule has 0 spiro atoms. The number of nitrogens with one attached hydrogen (secondary N) is 1. The molecule has 1 saturated carbocycles. The zero-order chi connectivity index (χ0) is 26.8. The van der Waals surface area contributed by atoms with Gasteiger partial charge in [-0.15, -0.1) is 6.58 Å². The number of aromatic nitrogens is 4. The van der Waals surface area contributed by atoms with Crippen LogP contribution >= 0.6 is 0 Å². The average molecular weight is 517 g/mol. The molecular formula is C28H36N8O2. The van der Waals surface area contributed by atoms with Crippen LogP contribution in [0.1, 0.15) is 55.1 Å². The SMILES string of the molecule is C=CC[C@@H]1CN(c2ccc(Nc3ncc4cc(C(=O)N(C)C)n(C5CCCC5)c4n3)nc2)C(=O)CCN1C. The van der Waals surface area contributed by atoms with Gasteiger partial charge in [-0.3, -0.25) is 9.59 Å². The summed E-state index contributed by atoms with van der Waals surface area (Å²) in [4.78, 5) is 45.2. The van der Waals surface area contributed by atoms with Crippen LogP contribution in [0, 0.1) is 0 Å². The molecule has 0 bridgehead atoms. The van der Waals surface area contributed by atoms with Crippen LogP contribution in [-0.4, -0.2) is 81.4 Å². The Bertz CT molecular complexity index is 1330. The Labute approximate surface area is 223 Å². The third-order valence-electron chi connectivity index (χ3n) is 7.63. The summed E-state index contributed by atoms with van der Waals surface area (Å²) in [6, 6.07) is 6.10. The Hall–Kier alpha value is -3.79. The van der Waals surface area contributed by atoms with Gasteiger partial charge in [0.15, 0.2) is 0 Å². The molecule has 1 aliphatic heterocycles. The predicted molar refractivity (Wildman–Crippen MR) is 149 cm³/mol. The third-order valence-corrected chi connectivity index (χ3v) is 7.63. The molecule has 5 rings (SSSR count). The second-order valence-corrected chi connectivity index (χ2v) is 10.4. The molecule has 0 unspecified atom stereocenters. The van der Waals surface area contributed by atoms with Gasteiger partial charge in [0.05, 0.1) is 11.9 Å². The number of hydrogen-bond acceptors (Lipinski definition) is 7. The molecule has 0 radical (unpaired) electrons. The quantitative estimate of drug-likeness (QED) is 0.474. The van der Waals surface area contributed by atoms with E-state index in [9.17, 15) is 9.59 Å². The zero-order valence-electron chi connectivity index (χ0n) is 22.4. The van der Waals surface area contributed by atoms with E-state index in [0.717, 1.165) is 55.4 Å². The molecule has 0 aromatic carbocycles. The van der Waals surface area contributed by atoms with Gasteiger partial charge in [-0.05, 0) is 44.5 Å². The lowest BCUT2D eigenvalue weighted by atomic mass is 10.1. The Morgan fingerprint density at radius 1 is 1.21 bits per heavy atom. The van der Waals surface area contributed by atoms with E-state index in [1.165, 1.54) is 0 Å². The number of nitrogens with zero attached hydrogens (tertiary/aromatic N) is 7. The van der Waals surface area contributed by atoms with Crippen LogP contribution in [0.2, 0.25) is 0 Å². The summed E-state index contributed by atoms with van der Waals surface area (Å²) < 4.78 is 2.09. The minimum Gasteiger partial charge on any atom is -0.343 e. The van der Waals surface area contributed by atoms with Crippen LogP contribution in [0.3, 0.4) is 0 Å². The maximum absolute atomic E-state index is 12.9. The number of carbonyl (C=O) groups is 2. The van der Waals surface area contributed by atoms with E-state index in [0.29, 0.717) is 30.4 Å². The van der Waals surface area contributed by atoms with Crippen LogP contribution in [0.4, 0.5) is 17.5 Å². The van der Waals surface area contributed by atoms with Crippen molar-refractivity contribution in [3.8, 4) is 0 Å². The lowest BCUT2D eigenvalue weighted by Crippen LogP contribution is -2.40. The summed E-state index contributed by atoms with van der Waals surface area (Å²) in [5, 5.41) is 4.04. The van der Waals surface area contributed by atoms with E-state index >= 15 is 0 Å². The Morgan fingerprint density at radius 3 is 2.68 bits per heavy atom. The largest absolute Gasteiger partial charge is 0.343 e. The van der Waals surface area contributed by atoms with E-state index in [-0.39, 0.29) is 23.9 Å². The van der Waals surface area contributed by atoms with Crippen molar-refractivity contribution in [2.75, 3.05) is 44.4 Å². The maximum Gasteiger partial charge on any atom is 0.270 e. The van der Waals surface area contributed by atoms with Crippen LogP contribution in [0.25, 0.3) is 11.0 Å². The van der Waals surface area contributed by atoms with E-state index in [2.05, 4.69) is 38.4 Å². The Kier molecular flexibility index (Phi) is 7.42. The molecule has 4 heterocycles. The number of fused-ring (bicyclic) bond motifs is 1. The topological polar surface area (TPSA) is 99.5 Å². The van der Waals surface area contributed by atoms with Crippen molar-refractivity contribution in [3.63, 3.8) is 0 Å². The second-order valence-electron chi connectivity index (χ2n) is 10.4. The molecule has 1 atom stereocenters. The van der Waals surface area contributed by atoms with Crippen molar-refractivity contribution in [1.82, 2.24) is 29.3 Å². The molecular weight excluding hydrogens is 480 g/mol. The molecule has 10 nitrogen and oxygen atoms in total. The normalized spacial score (nSPS) is 19.1. The average Bonchev–Trinajstić information content (AvgIpc) is 3.54. The minimum atomic E-state index is -0.0359. The first-order valence-electron chi connectivity index (χ1n) is 13.3. The van der Waals surface area contributed by atoms with Gasteiger partial charge in [0.1, 0.15) is 17.2 Å². The number of hydrogen-bond donors (Lipinski definition) is 1. The van der Waals surface area contributed by atoms with Crippen LogP contribution in [-0.2, 0) is 4.79 Å². The number of carbonyl (C=O) groups excluding carboxylic acids is 2. The van der Waals surface area contributed by atoms with Crippen molar-refractivity contribution in [3.05, 3.63) is 48.9 Å². The summed E-state index contributed by atoms with van der Waals surface area (Å²) in [7, 11) is 5.59. The van der Waals surface area contributed by atoms with Crippen molar-refractivity contribution in [1.29, 1.82) is 0 Å². The predicted octanol–water partition coefficient (Wildman–Crippen LogP) is 4.00. The van der Waals surface area contributed by atoms with Gasteiger partial charge in [0, 0.05) is 57.3 Å². The van der Waals surface area contributed by atoms with E-state index in [1.54, 1.807) is 31.4 Å². The highest BCUT2D eigenvalue weighted by Crippen LogP contribution is 2.35. The van der Waals surface area contributed by atoms with E-state index < -0.39 is 0 Å². The van der Waals surface area contributed by atoms with Crippen molar-refractivity contribution in [2.24, 2.45) is 0 Å². The van der Waals surface area contributed by atoms with Crippen LogP contribution in [0.15, 0.2) is 43.2 Å². The maximum atomic E-state index is 12.9. The summed E-state index contributed by atoms with van der Waals surface area (Å²) in [5.41, 5.74) is 2.17. The number of pyridine rings is 1. The standard InChI is InChI=1S/C28H36N8O2/c1-5-8-22-18-35(25(37)13-14-34(22)4)21-11-12-24(29-17-21)31-28-30-16-19-15-23(27(38)33(2)3)36(26(19)32-28)20-9-6-7-10-20/h5,11-12,15-17,20,22H,1,6-10,13-14,18H2,2-4H3,(H,29,30,31,32)/t22-/m1/s1. The van der Waals surface area contributed by atoms with E-state index in [1.807, 2.05) is 29.2 Å². The molecule has 1 N–H and O–H groups in total. The zero-order valence-corrected chi connectivity index (χ0v) is 22.4. The highest BCUT2D eigenvalue weighted by Gasteiger charge is 2.28. The highest BCUT2D eigenvalue weighted by molar-refractivity contribution is 5.98. The lowest BCUT2D eigenvalue weighted by molar-refractivity contribution is -0.118. The summed E-state index contributed by atoms with van der Waals surface area (Å²) in [6.07, 6.45) is 11.0. The van der Waals surface area contributed by atoms with Crippen molar-refractivity contribution >= 4 is 40.3 Å². The summed E-state index contributed by atoms with van der Waals surface area (Å²) >= 11 is 0. The molecule has 3 aromatic rings. The van der Waals surface area contributed by atoms with Crippen LogP contribution in [0.5, 0.6) is 0 Å². The number of anilines is 3. The number of amides is 2. The Balaban J connectivity index is 1.39. The smallest absolute Gasteiger partial charge is 0.270 e.